The van der Waals surface area contributed by atoms with Gasteiger partial charge in [-0.1, -0.05) is 19.1 Å². The Morgan fingerprint density at radius 1 is 1.35 bits per heavy atom. The van der Waals surface area contributed by atoms with Crippen molar-refractivity contribution in [1.82, 2.24) is 9.55 Å². The molecule has 0 aliphatic rings. The number of para-hydroxylation sites is 1. The molecule has 1 heterocycles. The van der Waals surface area contributed by atoms with E-state index in [9.17, 15) is 4.79 Å². The summed E-state index contributed by atoms with van der Waals surface area (Å²) < 4.78 is 1.75. The number of alkyl halides is 1. The van der Waals surface area contributed by atoms with Gasteiger partial charge in [-0.2, -0.15) is 11.8 Å². The van der Waals surface area contributed by atoms with Gasteiger partial charge in [-0.05, 0) is 31.7 Å². The van der Waals surface area contributed by atoms with Crippen molar-refractivity contribution < 1.29 is 0 Å². The molecule has 0 N–H and O–H groups in total. The zero-order valence-electron chi connectivity index (χ0n) is 12.0. The van der Waals surface area contributed by atoms with Gasteiger partial charge in [0.15, 0.2) is 0 Å². The summed E-state index contributed by atoms with van der Waals surface area (Å²) in [7, 11) is 0. The largest absolute Gasteiger partial charge is 0.291 e. The van der Waals surface area contributed by atoms with Gasteiger partial charge in [0.2, 0.25) is 0 Å². The van der Waals surface area contributed by atoms with Crippen LogP contribution in [0.2, 0.25) is 0 Å². The second-order valence-corrected chi connectivity index (χ2v) is 6.76. The number of rotatable bonds is 5. The van der Waals surface area contributed by atoms with E-state index in [1.807, 2.05) is 49.9 Å². The van der Waals surface area contributed by atoms with Gasteiger partial charge in [-0.25, -0.2) is 4.98 Å². The summed E-state index contributed by atoms with van der Waals surface area (Å²) in [5.74, 6) is 2.57. The molecule has 2 atom stereocenters. The fourth-order valence-electron chi connectivity index (χ4n) is 2.23. The zero-order valence-corrected chi connectivity index (χ0v) is 13.5. The lowest BCUT2D eigenvalue weighted by atomic mass is 10.2. The van der Waals surface area contributed by atoms with E-state index in [0.29, 0.717) is 16.7 Å². The molecule has 2 unspecified atom stereocenters. The van der Waals surface area contributed by atoms with Crippen LogP contribution in [0.15, 0.2) is 29.1 Å². The molecular formula is C15H19ClN2OS. The van der Waals surface area contributed by atoms with Crippen molar-refractivity contribution in [1.29, 1.82) is 0 Å². The summed E-state index contributed by atoms with van der Waals surface area (Å²) in [6.07, 6.45) is 0. The first kappa shape index (κ1) is 15.4. The molecule has 0 saturated heterocycles. The van der Waals surface area contributed by atoms with Crippen LogP contribution in [0, 0.1) is 0 Å². The van der Waals surface area contributed by atoms with Crippen molar-refractivity contribution >= 4 is 34.3 Å². The molecule has 0 spiro atoms. The second-order valence-electron chi connectivity index (χ2n) is 4.79. The Kier molecular flexibility index (Phi) is 5.11. The Labute approximate surface area is 128 Å². The van der Waals surface area contributed by atoms with Crippen LogP contribution < -0.4 is 5.56 Å². The van der Waals surface area contributed by atoms with Gasteiger partial charge < -0.3 is 0 Å². The molecule has 1 aromatic heterocycles. The molecule has 5 heteroatoms. The maximum Gasteiger partial charge on any atom is 0.261 e. The number of benzene rings is 1. The normalized spacial score (nSPS) is 14.4. The molecule has 0 radical (unpaired) electrons. The Hall–Kier alpha value is -1.00. The van der Waals surface area contributed by atoms with E-state index >= 15 is 0 Å². The molecule has 2 aromatic rings. The average molecular weight is 311 g/mol. The molecule has 0 bridgehead atoms. The number of aromatic nitrogens is 2. The van der Waals surface area contributed by atoms with E-state index in [0.717, 1.165) is 11.5 Å². The number of nitrogens with zero attached hydrogens (tertiary/aromatic N) is 2. The number of halogens is 1. The number of thioether (sulfide) groups is 1. The minimum Gasteiger partial charge on any atom is -0.291 e. The molecule has 0 aliphatic carbocycles. The van der Waals surface area contributed by atoms with E-state index in [4.69, 9.17) is 11.6 Å². The van der Waals surface area contributed by atoms with Crippen LogP contribution in [-0.2, 0) is 0 Å². The van der Waals surface area contributed by atoms with Crippen molar-refractivity contribution in [3.05, 3.63) is 40.4 Å². The molecule has 108 valence electrons. The van der Waals surface area contributed by atoms with E-state index in [2.05, 4.69) is 11.9 Å². The number of hydrogen-bond acceptors (Lipinski definition) is 3. The monoisotopic (exact) mass is 310 g/mol. The highest BCUT2D eigenvalue weighted by molar-refractivity contribution is 7.99. The fraction of sp³-hybridized carbons (Fsp3) is 0.467. The Bertz CT molecular complexity index is 654. The number of hydrogen-bond donors (Lipinski definition) is 0. The fourth-order valence-corrected chi connectivity index (χ4v) is 3.11. The minimum atomic E-state index is -0.290. The first-order valence-electron chi connectivity index (χ1n) is 6.79. The van der Waals surface area contributed by atoms with Gasteiger partial charge in [-0.15, -0.1) is 11.6 Å². The maximum absolute atomic E-state index is 12.7. The lowest BCUT2D eigenvalue weighted by molar-refractivity contribution is 0.547. The highest BCUT2D eigenvalue weighted by Gasteiger charge is 2.18. The SMILES string of the molecule is CCSCC(C)n1c(C(C)Cl)nc2ccccc2c1=O. The zero-order chi connectivity index (χ0) is 14.7. The highest BCUT2D eigenvalue weighted by atomic mass is 35.5. The summed E-state index contributed by atoms with van der Waals surface area (Å²) in [4.78, 5) is 17.3. The first-order chi connectivity index (χ1) is 9.56. The Morgan fingerprint density at radius 3 is 2.70 bits per heavy atom. The summed E-state index contributed by atoms with van der Waals surface area (Å²) in [5, 5.41) is 0.364. The van der Waals surface area contributed by atoms with Crippen molar-refractivity contribution in [3.8, 4) is 0 Å². The lowest BCUT2D eigenvalue weighted by Gasteiger charge is -2.20. The third-order valence-electron chi connectivity index (χ3n) is 3.19. The van der Waals surface area contributed by atoms with E-state index in [1.165, 1.54) is 0 Å². The Balaban J connectivity index is 2.63. The van der Waals surface area contributed by atoms with Crippen molar-refractivity contribution in [2.75, 3.05) is 11.5 Å². The molecule has 0 amide bonds. The summed E-state index contributed by atoms with van der Waals surface area (Å²) in [6, 6.07) is 7.52. The van der Waals surface area contributed by atoms with Crippen LogP contribution >= 0.6 is 23.4 Å². The molecule has 3 nitrogen and oxygen atoms in total. The van der Waals surface area contributed by atoms with Gasteiger partial charge >= 0.3 is 0 Å². The topological polar surface area (TPSA) is 34.9 Å². The van der Waals surface area contributed by atoms with Gasteiger partial charge in [0.05, 0.1) is 16.3 Å². The molecular weight excluding hydrogens is 292 g/mol. The standard InChI is InChI=1S/C15H19ClN2OS/c1-4-20-9-10(2)18-14(11(3)16)17-13-8-6-5-7-12(13)15(18)19/h5-8,10-11H,4,9H2,1-3H3. The smallest absolute Gasteiger partial charge is 0.261 e. The van der Waals surface area contributed by atoms with E-state index in [-0.39, 0.29) is 17.0 Å². The van der Waals surface area contributed by atoms with Gasteiger partial charge in [-0.3, -0.25) is 9.36 Å². The summed E-state index contributed by atoms with van der Waals surface area (Å²) in [5.41, 5.74) is 0.717. The second kappa shape index (κ2) is 6.64. The van der Waals surface area contributed by atoms with Crippen molar-refractivity contribution in [3.63, 3.8) is 0 Å². The molecule has 20 heavy (non-hydrogen) atoms. The predicted molar refractivity (Wildman–Crippen MR) is 88.0 cm³/mol. The highest BCUT2D eigenvalue weighted by Crippen LogP contribution is 2.23. The summed E-state index contributed by atoms with van der Waals surface area (Å²) in [6.45, 7) is 6.02. The lowest BCUT2D eigenvalue weighted by Crippen LogP contribution is -2.29. The van der Waals surface area contributed by atoms with Crippen LogP contribution in [0.5, 0.6) is 0 Å². The quantitative estimate of drug-likeness (QED) is 0.783. The van der Waals surface area contributed by atoms with E-state index in [1.54, 1.807) is 4.57 Å². The van der Waals surface area contributed by atoms with Crippen molar-refractivity contribution in [2.45, 2.75) is 32.2 Å². The van der Waals surface area contributed by atoms with Crippen LogP contribution in [0.1, 0.15) is 38.0 Å². The molecule has 0 fully saturated rings. The third-order valence-corrected chi connectivity index (χ3v) is 4.52. The molecule has 2 rings (SSSR count). The molecule has 1 aromatic carbocycles. The van der Waals surface area contributed by atoms with Gasteiger partial charge in [0, 0.05) is 11.8 Å². The van der Waals surface area contributed by atoms with Crippen LogP contribution in [0.3, 0.4) is 0 Å². The van der Waals surface area contributed by atoms with E-state index < -0.39 is 0 Å². The molecule has 0 saturated carbocycles. The minimum absolute atomic E-state index is 0.00213. The van der Waals surface area contributed by atoms with Crippen molar-refractivity contribution in [2.24, 2.45) is 0 Å². The van der Waals surface area contributed by atoms with Crippen LogP contribution in [0.25, 0.3) is 10.9 Å². The van der Waals surface area contributed by atoms with Crippen LogP contribution in [-0.4, -0.2) is 21.1 Å². The summed E-state index contributed by atoms with van der Waals surface area (Å²) >= 11 is 8.04. The molecule has 0 aliphatic heterocycles. The maximum atomic E-state index is 12.7. The van der Waals surface area contributed by atoms with Gasteiger partial charge in [0.1, 0.15) is 5.82 Å². The number of fused-ring (bicyclic) bond motifs is 1. The first-order valence-corrected chi connectivity index (χ1v) is 8.38. The average Bonchev–Trinajstić information content (AvgIpc) is 2.44. The van der Waals surface area contributed by atoms with Crippen LogP contribution in [0.4, 0.5) is 0 Å². The van der Waals surface area contributed by atoms with Gasteiger partial charge in [0.25, 0.3) is 5.56 Å². The Morgan fingerprint density at radius 2 is 2.05 bits per heavy atom. The predicted octanol–water partition coefficient (Wildman–Crippen LogP) is 4.01. The third kappa shape index (κ3) is 3.01.